The number of amides is 5. The Morgan fingerprint density at radius 1 is 0.905 bits per heavy atom. The Morgan fingerprint density at radius 2 is 1.60 bits per heavy atom. The predicted octanol–water partition coefficient (Wildman–Crippen LogP) is -3.82. The van der Waals surface area contributed by atoms with Crippen LogP contribution in [0.4, 0.5) is 5.82 Å². The molecule has 12 atom stereocenters. The number of aliphatic hydroxyl groups is 5. The van der Waals surface area contributed by atoms with Crippen LogP contribution in [0.2, 0.25) is 0 Å². The third-order valence-corrected chi connectivity index (χ3v) is 10.5. The topological polar surface area (TPSA) is 353 Å². The van der Waals surface area contributed by atoms with Gasteiger partial charge in [0, 0.05) is 26.4 Å². The lowest BCUT2D eigenvalue weighted by atomic mass is 9.96. The summed E-state index contributed by atoms with van der Waals surface area (Å²) in [6.07, 6.45) is -8.95. The summed E-state index contributed by atoms with van der Waals surface area (Å²) in [4.78, 5) is 76.6. The number of hydrogen-bond donors (Lipinski definition) is 11. The van der Waals surface area contributed by atoms with Crippen LogP contribution in [-0.2, 0) is 49.5 Å². The van der Waals surface area contributed by atoms with Gasteiger partial charge in [0.2, 0.25) is 29.5 Å². The van der Waals surface area contributed by atoms with Crippen molar-refractivity contribution in [3.05, 3.63) is 48.5 Å². The van der Waals surface area contributed by atoms with Gasteiger partial charge in [-0.3, -0.25) is 28.5 Å². The van der Waals surface area contributed by atoms with Crippen molar-refractivity contribution < 1.29 is 68.5 Å². The molecule has 3 aromatic rings. The Hall–Kier alpha value is -5.44. The number of primary amides is 1. The van der Waals surface area contributed by atoms with Gasteiger partial charge < -0.3 is 76.8 Å². The molecular formula is C39H56N10O14. The molecule has 2 aliphatic rings. The van der Waals surface area contributed by atoms with E-state index in [2.05, 4.69) is 41.5 Å². The maximum Gasteiger partial charge on any atom is 0.249 e. The second-order valence-corrected chi connectivity index (χ2v) is 15.0. The van der Waals surface area contributed by atoms with Crippen LogP contribution in [0, 0.1) is 0 Å². The number of carbonyl (C=O) groups is 5. The van der Waals surface area contributed by atoms with Crippen molar-refractivity contribution in [1.82, 2.24) is 40.8 Å². The molecule has 0 radical (unpaired) electrons. The molecule has 24 nitrogen and oxygen atoms in total. The van der Waals surface area contributed by atoms with Gasteiger partial charge in [-0.2, -0.15) is 0 Å². The third-order valence-electron chi connectivity index (χ3n) is 10.5. The van der Waals surface area contributed by atoms with Crippen molar-refractivity contribution in [1.29, 1.82) is 0 Å². The van der Waals surface area contributed by atoms with E-state index in [9.17, 15) is 49.5 Å². The van der Waals surface area contributed by atoms with Crippen molar-refractivity contribution in [3.8, 4) is 0 Å². The van der Waals surface area contributed by atoms with Gasteiger partial charge >= 0.3 is 0 Å². The molecule has 0 unspecified atom stereocenters. The van der Waals surface area contributed by atoms with E-state index in [0.717, 1.165) is 5.56 Å². The lowest BCUT2D eigenvalue weighted by Crippen LogP contribution is -2.66. The molecule has 2 aromatic heterocycles. The number of nitrogens with one attached hydrogen (secondary N) is 5. The largest absolute Gasteiger partial charge is 0.394 e. The summed E-state index contributed by atoms with van der Waals surface area (Å²) in [7, 11) is 0. The summed E-state index contributed by atoms with van der Waals surface area (Å²) in [5, 5.41) is 64.4. The van der Waals surface area contributed by atoms with E-state index in [-0.39, 0.29) is 44.6 Å². The van der Waals surface area contributed by atoms with Crippen molar-refractivity contribution in [2.45, 2.75) is 120 Å². The molecule has 12 N–H and O–H groups in total. The molecule has 0 saturated carbocycles. The van der Waals surface area contributed by atoms with E-state index >= 15 is 0 Å². The number of hydrogen-bond acceptors (Lipinski definition) is 18. The van der Waals surface area contributed by atoms with Crippen LogP contribution < -0.4 is 32.3 Å². The minimum absolute atomic E-state index is 0.0522. The average Bonchev–Trinajstić information content (AvgIpc) is 3.83. The van der Waals surface area contributed by atoms with Crippen molar-refractivity contribution in [2.24, 2.45) is 5.73 Å². The van der Waals surface area contributed by atoms with E-state index in [1.807, 2.05) is 30.3 Å². The number of carbonyl (C=O) groups excluding carboxylic acids is 5. The van der Waals surface area contributed by atoms with E-state index in [0.29, 0.717) is 11.3 Å². The molecule has 0 bridgehead atoms. The lowest BCUT2D eigenvalue weighted by molar-refractivity contribution is -0.283. The number of nitrogens with two attached hydrogens (primary N) is 1. The maximum atomic E-state index is 13.4. The quantitative estimate of drug-likeness (QED) is 0.0431. The molecule has 5 amide bonds. The predicted molar refractivity (Wildman–Crippen MR) is 217 cm³/mol. The van der Waals surface area contributed by atoms with Gasteiger partial charge in [0.25, 0.3) is 0 Å². The van der Waals surface area contributed by atoms with Crippen LogP contribution in [0.25, 0.3) is 11.2 Å². The Balaban J connectivity index is 1.10. The molecule has 4 heterocycles. The first-order valence-electron chi connectivity index (χ1n) is 20.4. The van der Waals surface area contributed by atoms with Crippen LogP contribution >= 0.6 is 0 Å². The fourth-order valence-corrected chi connectivity index (χ4v) is 7.03. The second kappa shape index (κ2) is 22.8. The number of rotatable bonds is 22. The highest BCUT2D eigenvalue weighted by molar-refractivity contribution is 5.92. The number of aliphatic hydroxyl groups excluding tert-OH is 5. The monoisotopic (exact) mass is 888 g/mol. The number of ether oxygens (including phenoxy) is 4. The second-order valence-electron chi connectivity index (χ2n) is 15.0. The van der Waals surface area contributed by atoms with Crippen LogP contribution in [0.1, 0.15) is 51.8 Å². The first-order valence-corrected chi connectivity index (χ1v) is 20.4. The molecule has 0 spiro atoms. The van der Waals surface area contributed by atoms with Gasteiger partial charge in [0.15, 0.2) is 29.5 Å². The Bertz CT molecular complexity index is 2010. The Morgan fingerprint density at radius 3 is 2.25 bits per heavy atom. The number of anilines is 1. The molecule has 24 heteroatoms. The number of fused-ring (bicyclic) bond motifs is 1. The van der Waals surface area contributed by atoms with Gasteiger partial charge in [-0.05, 0) is 25.3 Å². The number of imidazole rings is 1. The fourth-order valence-electron chi connectivity index (χ4n) is 7.03. The summed E-state index contributed by atoms with van der Waals surface area (Å²) in [5.74, 6) is -3.13. The standard InChI is InChI=1S/C39H56N10O14/c1-4-22(47-36(58)19(2)61-32-27(46-20(3)52)39(63-25(15-51)30(32)55)60-16-21-8-6-5-7-9-21)37(59)48-23(33(40)57)10-11-26(53)41-12-13-42-34-28-35(44-17-43-34)49(18-45-28)38-31(56)29(54)24(14-50)62-38/h5-9,17-19,22-25,27,29-32,38-39,50-51,54-56H,4,10-16H2,1-3H3,(H2,40,57)(H,41,53)(H,46,52)(H,47,58)(H,48,59)(H,42,43,44)/t19-,22-,23-,24-,25-,27-,29-,30-,31-,32-,38-,39+/m1/s1. The number of nitrogens with zero attached hydrogens (tertiary/aromatic N) is 4. The minimum Gasteiger partial charge on any atom is -0.394 e. The Labute approximate surface area is 361 Å². The molecule has 2 fully saturated rings. The van der Waals surface area contributed by atoms with E-state index < -0.39 is 116 Å². The van der Waals surface area contributed by atoms with E-state index in [1.165, 1.54) is 31.1 Å². The van der Waals surface area contributed by atoms with Crippen LogP contribution in [0.3, 0.4) is 0 Å². The molecule has 2 saturated heterocycles. The normalized spacial score (nSPS) is 26.0. The molecule has 1 aromatic carbocycles. The van der Waals surface area contributed by atoms with Crippen LogP contribution in [0.5, 0.6) is 0 Å². The first-order chi connectivity index (χ1) is 30.2. The maximum absolute atomic E-state index is 13.4. The molecular weight excluding hydrogens is 832 g/mol. The highest BCUT2D eigenvalue weighted by Gasteiger charge is 2.48. The smallest absolute Gasteiger partial charge is 0.249 e. The van der Waals surface area contributed by atoms with Crippen LogP contribution in [0.15, 0.2) is 43.0 Å². The van der Waals surface area contributed by atoms with Gasteiger partial charge in [-0.1, -0.05) is 37.3 Å². The van der Waals surface area contributed by atoms with Gasteiger partial charge in [0.1, 0.15) is 67.2 Å². The SMILES string of the molecule is CC[C@@H](NC(=O)[C@@H](C)O[C@H]1[C@H](O)[C@@H](CO)O[C@H](OCc2ccccc2)[C@@H]1NC(C)=O)C(=O)N[C@H](CCC(=O)NCCNc1ncnc2c1ncn2[C@@H]1O[C@H](CO)[C@@H](O)[C@H]1O)C(N)=O. The third kappa shape index (κ3) is 12.4. The van der Waals surface area contributed by atoms with Gasteiger partial charge in [-0.25, -0.2) is 15.0 Å². The van der Waals surface area contributed by atoms with E-state index in [4.69, 9.17) is 24.7 Å². The first kappa shape index (κ1) is 48.6. The van der Waals surface area contributed by atoms with Gasteiger partial charge in [-0.15, -0.1) is 0 Å². The molecule has 63 heavy (non-hydrogen) atoms. The zero-order valence-corrected chi connectivity index (χ0v) is 34.9. The fraction of sp³-hybridized carbons (Fsp3) is 0.590. The lowest BCUT2D eigenvalue weighted by Gasteiger charge is -2.44. The van der Waals surface area contributed by atoms with Crippen molar-refractivity contribution >= 4 is 46.5 Å². The van der Waals surface area contributed by atoms with E-state index in [1.54, 1.807) is 6.92 Å². The average molecular weight is 889 g/mol. The summed E-state index contributed by atoms with van der Waals surface area (Å²) in [5.41, 5.74) is 6.93. The van der Waals surface area contributed by atoms with Crippen molar-refractivity contribution in [3.63, 3.8) is 0 Å². The Kier molecular flexibility index (Phi) is 17.6. The summed E-state index contributed by atoms with van der Waals surface area (Å²) >= 11 is 0. The molecule has 0 aliphatic carbocycles. The van der Waals surface area contributed by atoms with Crippen LogP contribution in [-0.4, -0.2) is 168 Å². The molecule has 346 valence electrons. The zero-order chi connectivity index (χ0) is 45.8. The summed E-state index contributed by atoms with van der Waals surface area (Å²) in [6, 6.07) is 5.48. The summed E-state index contributed by atoms with van der Waals surface area (Å²) in [6.45, 7) is 3.42. The number of aromatic nitrogens is 4. The number of benzene rings is 1. The summed E-state index contributed by atoms with van der Waals surface area (Å²) < 4.78 is 24.7. The van der Waals surface area contributed by atoms with Gasteiger partial charge in [0.05, 0.1) is 26.1 Å². The highest BCUT2D eigenvalue weighted by atomic mass is 16.7. The zero-order valence-electron chi connectivity index (χ0n) is 34.9. The molecule has 2 aliphatic heterocycles. The minimum atomic E-state index is -1.51. The van der Waals surface area contributed by atoms with Crippen molar-refractivity contribution in [2.75, 3.05) is 31.6 Å². The highest BCUT2D eigenvalue weighted by Crippen LogP contribution is 2.32. The molecule has 5 rings (SSSR count).